The van der Waals surface area contributed by atoms with Crippen molar-refractivity contribution in [2.75, 3.05) is 11.1 Å². The molecule has 3 rings (SSSR count). The number of aromatic nitrogens is 3. The van der Waals surface area contributed by atoms with E-state index in [1.165, 1.54) is 6.07 Å². The number of aromatic hydroxyl groups is 2. The molecule has 7 nitrogen and oxygen atoms in total. The maximum absolute atomic E-state index is 12.0. The summed E-state index contributed by atoms with van der Waals surface area (Å²) >= 11 is 4.47. The number of rotatable bonds is 5. The summed E-state index contributed by atoms with van der Waals surface area (Å²) in [4.78, 5) is 16.2. The molecule has 0 saturated heterocycles. The highest BCUT2D eigenvalue weighted by atomic mass is 79.9. The molecule has 9 heteroatoms. The lowest BCUT2D eigenvalue weighted by Crippen LogP contribution is -2.14. The smallest absolute Gasteiger partial charge is 0.234 e. The van der Waals surface area contributed by atoms with Crippen LogP contribution in [-0.2, 0) is 4.79 Å². The van der Waals surface area contributed by atoms with Gasteiger partial charge in [0.15, 0.2) is 5.82 Å². The zero-order valence-corrected chi connectivity index (χ0v) is 15.1. The Bertz CT molecular complexity index is 916. The molecule has 0 aliphatic carbocycles. The van der Waals surface area contributed by atoms with Crippen molar-refractivity contribution in [2.45, 2.75) is 5.16 Å². The van der Waals surface area contributed by atoms with Gasteiger partial charge in [0.1, 0.15) is 11.5 Å². The van der Waals surface area contributed by atoms with Gasteiger partial charge in [-0.15, -0.1) is 5.10 Å². The summed E-state index contributed by atoms with van der Waals surface area (Å²) in [5.74, 6) is 0.278. The molecule has 0 aliphatic heterocycles. The van der Waals surface area contributed by atoms with Crippen molar-refractivity contribution in [2.24, 2.45) is 0 Å². The lowest BCUT2D eigenvalue weighted by molar-refractivity contribution is -0.113. The van der Waals surface area contributed by atoms with E-state index in [9.17, 15) is 15.0 Å². The minimum Gasteiger partial charge on any atom is -0.507 e. The molecular formula is C16H13BrN4O3S. The van der Waals surface area contributed by atoms with Crippen molar-refractivity contribution < 1.29 is 15.0 Å². The number of nitrogens with one attached hydrogen (secondary N) is 2. The lowest BCUT2D eigenvalue weighted by atomic mass is 10.2. The van der Waals surface area contributed by atoms with Crippen LogP contribution in [-0.4, -0.2) is 37.1 Å². The summed E-state index contributed by atoms with van der Waals surface area (Å²) in [5.41, 5.74) is 0.857. The molecule has 1 aromatic heterocycles. The van der Waals surface area contributed by atoms with Crippen LogP contribution in [0, 0.1) is 0 Å². The zero-order chi connectivity index (χ0) is 17.8. The fourth-order valence-corrected chi connectivity index (χ4v) is 2.98. The third-order valence-corrected chi connectivity index (χ3v) is 4.53. The fraction of sp³-hybridized carbons (Fsp3) is 0.0625. The molecule has 0 aliphatic rings. The van der Waals surface area contributed by atoms with Crippen molar-refractivity contribution in [3.63, 3.8) is 0 Å². The second-order valence-corrected chi connectivity index (χ2v) is 6.84. The number of amides is 1. The number of carbonyl (C=O) groups excluding carboxylic acids is 1. The van der Waals surface area contributed by atoms with Crippen LogP contribution in [0.3, 0.4) is 0 Å². The summed E-state index contributed by atoms with van der Waals surface area (Å²) in [6, 6.07) is 11.5. The number of thioether (sulfide) groups is 1. The predicted octanol–water partition coefficient (Wildman–Crippen LogP) is 3.38. The Labute approximate surface area is 155 Å². The zero-order valence-electron chi connectivity index (χ0n) is 12.7. The first kappa shape index (κ1) is 17.3. The Hall–Kier alpha value is -2.52. The molecule has 25 heavy (non-hydrogen) atoms. The van der Waals surface area contributed by atoms with Gasteiger partial charge in [-0.2, -0.15) is 0 Å². The number of para-hydroxylation sites is 2. The van der Waals surface area contributed by atoms with E-state index in [1.54, 1.807) is 36.4 Å². The van der Waals surface area contributed by atoms with Crippen LogP contribution in [0.1, 0.15) is 0 Å². The maximum Gasteiger partial charge on any atom is 0.234 e. The van der Waals surface area contributed by atoms with E-state index < -0.39 is 0 Å². The molecule has 0 spiro atoms. The number of nitrogens with zero attached hydrogens (tertiary/aromatic N) is 2. The van der Waals surface area contributed by atoms with Crippen molar-refractivity contribution in [1.29, 1.82) is 0 Å². The summed E-state index contributed by atoms with van der Waals surface area (Å²) in [7, 11) is 0. The van der Waals surface area contributed by atoms with E-state index in [0.717, 1.165) is 16.2 Å². The van der Waals surface area contributed by atoms with Crippen molar-refractivity contribution in [3.8, 4) is 22.9 Å². The van der Waals surface area contributed by atoms with Crippen molar-refractivity contribution in [1.82, 2.24) is 15.2 Å². The number of H-pyrrole nitrogens is 1. The molecule has 4 N–H and O–H groups in total. The van der Waals surface area contributed by atoms with Crippen LogP contribution in [0.15, 0.2) is 52.1 Å². The first-order valence-corrected chi connectivity index (χ1v) is 8.93. The average molecular weight is 421 g/mol. The molecule has 0 unspecified atom stereocenters. The number of aromatic amines is 1. The monoisotopic (exact) mass is 420 g/mol. The molecule has 0 radical (unpaired) electrons. The minimum atomic E-state index is -0.289. The predicted molar refractivity (Wildman–Crippen MR) is 98.6 cm³/mol. The minimum absolute atomic E-state index is 0.00570. The fourth-order valence-electron chi connectivity index (χ4n) is 2.03. The van der Waals surface area contributed by atoms with Crippen LogP contribution < -0.4 is 5.32 Å². The molecule has 1 heterocycles. The van der Waals surface area contributed by atoms with Gasteiger partial charge >= 0.3 is 0 Å². The van der Waals surface area contributed by atoms with E-state index in [4.69, 9.17) is 0 Å². The molecule has 128 valence electrons. The summed E-state index contributed by atoms with van der Waals surface area (Å²) in [6.45, 7) is 0. The lowest BCUT2D eigenvalue weighted by Gasteiger charge is -2.05. The van der Waals surface area contributed by atoms with Crippen LogP contribution in [0.4, 0.5) is 5.69 Å². The number of benzene rings is 2. The number of halogens is 1. The second kappa shape index (κ2) is 7.58. The highest BCUT2D eigenvalue weighted by Crippen LogP contribution is 2.30. The van der Waals surface area contributed by atoms with E-state index in [2.05, 4.69) is 36.4 Å². The number of anilines is 1. The van der Waals surface area contributed by atoms with Gasteiger partial charge in [-0.05, 0) is 30.3 Å². The van der Waals surface area contributed by atoms with Crippen molar-refractivity contribution >= 4 is 39.3 Å². The first-order valence-electron chi connectivity index (χ1n) is 7.15. The Morgan fingerprint density at radius 2 is 2.00 bits per heavy atom. The molecular weight excluding hydrogens is 408 g/mol. The van der Waals surface area contributed by atoms with Crippen LogP contribution in [0.5, 0.6) is 11.5 Å². The standard InChI is InChI=1S/C16H13BrN4O3S/c17-9-5-6-12(22)10(7-9)15-19-16(21-20-15)25-8-14(24)18-11-3-1-2-4-13(11)23/h1-7,22-23H,8H2,(H,18,24)(H,19,20,21). The quantitative estimate of drug-likeness (QED) is 0.371. The Morgan fingerprint density at radius 1 is 1.20 bits per heavy atom. The SMILES string of the molecule is O=C(CSc1n[nH]c(-c2cc(Br)ccc2O)n1)Nc1ccccc1O. The molecule has 1 amide bonds. The molecule has 0 atom stereocenters. The Kier molecular flexibility index (Phi) is 5.25. The van der Waals surface area contributed by atoms with Gasteiger partial charge in [0, 0.05) is 4.47 Å². The number of hydrogen-bond acceptors (Lipinski definition) is 6. The van der Waals surface area contributed by atoms with Gasteiger partial charge in [0.05, 0.1) is 17.0 Å². The second-order valence-electron chi connectivity index (χ2n) is 4.98. The van der Waals surface area contributed by atoms with Gasteiger partial charge < -0.3 is 15.5 Å². The highest BCUT2D eigenvalue weighted by molar-refractivity contribution is 9.10. The third-order valence-electron chi connectivity index (χ3n) is 3.19. The molecule has 2 aromatic carbocycles. The Morgan fingerprint density at radius 3 is 2.80 bits per heavy atom. The largest absolute Gasteiger partial charge is 0.507 e. The van der Waals surface area contributed by atoms with Gasteiger partial charge in [0.2, 0.25) is 11.1 Å². The molecule has 0 fully saturated rings. The highest BCUT2D eigenvalue weighted by Gasteiger charge is 2.13. The number of hydrogen-bond donors (Lipinski definition) is 4. The summed E-state index contributed by atoms with van der Waals surface area (Å²) < 4.78 is 0.799. The Balaban J connectivity index is 1.63. The van der Waals surface area contributed by atoms with E-state index in [1.807, 2.05) is 0 Å². The van der Waals surface area contributed by atoms with E-state index in [-0.39, 0.29) is 23.2 Å². The molecule has 3 aromatic rings. The normalized spacial score (nSPS) is 10.6. The average Bonchev–Trinajstić information content (AvgIpc) is 3.06. The van der Waals surface area contributed by atoms with Crippen LogP contribution >= 0.6 is 27.7 Å². The number of phenols is 2. The van der Waals surface area contributed by atoms with Crippen molar-refractivity contribution in [3.05, 3.63) is 46.9 Å². The number of phenolic OH excluding ortho intramolecular Hbond substituents is 2. The van der Waals surface area contributed by atoms with Gasteiger partial charge in [0.25, 0.3) is 0 Å². The molecule has 0 bridgehead atoms. The van der Waals surface area contributed by atoms with Crippen LogP contribution in [0.25, 0.3) is 11.4 Å². The summed E-state index contributed by atoms with van der Waals surface area (Å²) in [5, 5.41) is 29.3. The van der Waals surface area contributed by atoms with Gasteiger partial charge in [-0.1, -0.05) is 39.8 Å². The van der Waals surface area contributed by atoms with Gasteiger partial charge in [-0.25, -0.2) is 4.98 Å². The third kappa shape index (κ3) is 4.31. The maximum atomic E-state index is 12.0. The molecule has 0 saturated carbocycles. The van der Waals surface area contributed by atoms with Crippen LogP contribution in [0.2, 0.25) is 0 Å². The summed E-state index contributed by atoms with van der Waals surface area (Å²) in [6.07, 6.45) is 0. The van der Waals surface area contributed by atoms with Gasteiger partial charge in [-0.3, -0.25) is 9.89 Å². The topological polar surface area (TPSA) is 111 Å². The first-order chi connectivity index (χ1) is 12.0. The van der Waals surface area contributed by atoms with E-state index >= 15 is 0 Å². The number of carbonyl (C=O) groups is 1. The van der Waals surface area contributed by atoms with E-state index in [0.29, 0.717) is 22.2 Å².